The Hall–Kier alpha value is 0.280. The molecule has 4 aliphatic heterocycles. The van der Waals surface area contributed by atoms with Crippen molar-refractivity contribution in [3.8, 4) is 0 Å². The third-order valence-corrected chi connectivity index (χ3v) is 6.12. The number of fused-ring (bicyclic) bond motifs is 2. The van der Waals surface area contributed by atoms with E-state index in [1.807, 2.05) is 13.8 Å². The van der Waals surface area contributed by atoms with Gasteiger partial charge >= 0.3 is 0 Å². The summed E-state index contributed by atoms with van der Waals surface area (Å²) in [6.07, 6.45) is 2.72. The molecule has 0 aromatic rings. The van der Waals surface area contributed by atoms with Crippen LogP contribution in [0, 0.1) is 23.7 Å². The van der Waals surface area contributed by atoms with E-state index in [-0.39, 0.29) is 28.8 Å². The number of halogens is 1. The predicted octanol–water partition coefficient (Wildman–Crippen LogP) is -0.809. The van der Waals surface area contributed by atoms with Crippen LogP contribution in [-0.4, -0.2) is 29.1 Å². The third-order valence-electron chi connectivity index (χ3n) is 6.12. The summed E-state index contributed by atoms with van der Waals surface area (Å²) in [4.78, 5) is 11.6. The van der Waals surface area contributed by atoms with Crippen molar-refractivity contribution in [2.75, 3.05) is 0 Å². The van der Waals surface area contributed by atoms with Crippen LogP contribution in [0.25, 0.3) is 0 Å². The van der Waals surface area contributed by atoms with Crippen LogP contribution < -0.4 is 17.0 Å². The number of aliphatic hydroxyl groups excluding tert-OH is 1. The molecule has 21 heavy (non-hydrogen) atoms. The lowest BCUT2D eigenvalue weighted by Crippen LogP contribution is -3.00. The molecule has 2 bridgehead atoms. The lowest BCUT2D eigenvalue weighted by Gasteiger charge is -2.59. The molecule has 6 heteroatoms. The molecular weight excluding hydrogens is 340 g/mol. The fourth-order valence-electron chi connectivity index (χ4n) is 4.89. The van der Waals surface area contributed by atoms with Gasteiger partial charge in [0, 0.05) is 18.3 Å². The number of rotatable bonds is 0. The maximum atomic E-state index is 10.2. The van der Waals surface area contributed by atoms with Gasteiger partial charge in [-0.3, -0.25) is 0 Å². The molecule has 8 atom stereocenters. The van der Waals surface area contributed by atoms with E-state index >= 15 is 0 Å². The number of hydrogen-bond donors (Lipinski definition) is 1. The highest BCUT2D eigenvalue weighted by Crippen LogP contribution is 2.60. The molecule has 0 radical (unpaired) electrons. The smallest absolute Gasteiger partial charge is 0.201 e. The predicted molar refractivity (Wildman–Crippen MR) is 69.0 cm³/mol. The first-order chi connectivity index (χ1) is 9.46. The molecule has 122 valence electrons. The Bertz CT molecular complexity index is 417. The van der Waals surface area contributed by atoms with Gasteiger partial charge in [0.1, 0.15) is 0 Å². The molecule has 0 amide bonds. The zero-order valence-electron chi connectivity index (χ0n) is 12.8. The standard InChI is InChI=1S/C15H24O5.BrH/c1-8-4-5-11-9(2)12(16)17-13-15(11)10(8)6-7-14(3,18-13)19-20-15;/h8-13,16H,4-7H2,1-3H3;1H/p-1/t8-,9-,10+,11+,12?,13-,14-,15-;/m1./s1. The lowest BCUT2D eigenvalue weighted by molar-refractivity contribution is -0.576. The molecule has 5 aliphatic rings. The molecule has 5 rings (SSSR count). The minimum absolute atomic E-state index is 0. The van der Waals surface area contributed by atoms with Crippen molar-refractivity contribution in [2.45, 2.75) is 70.4 Å². The van der Waals surface area contributed by atoms with Crippen LogP contribution >= 0.6 is 0 Å². The number of aliphatic hydroxyl groups is 1. The van der Waals surface area contributed by atoms with E-state index in [1.165, 1.54) is 6.42 Å². The Kier molecular flexibility index (Phi) is 3.96. The summed E-state index contributed by atoms with van der Waals surface area (Å²) in [5.74, 6) is 0.437. The van der Waals surface area contributed by atoms with Crippen molar-refractivity contribution in [3.05, 3.63) is 0 Å². The second-order valence-corrected chi connectivity index (χ2v) is 7.30. The first-order valence-corrected chi connectivity index (χ1v) is 7.84. The summed E-state index contributed by atoms with van der Waals surface area (Å²) in [6.45, 7) is 6.22. The fourth-order valence-corrected chi connectivity index (χ4v) is 4.89. The average Bonchev–Trinajstić information content (AvgIpc) is 2.63. The summed E-state index contributed by atoms with van der Waals surface area (Å²) in [5, 5.41) is 10.2. The summed E-state index contributed by atoms with van der Waals surface area (Å²) in [6, 6.07) is 0. The van der Waals surface area contributed by atoms with Gasteiger partial charge < -0.3 is 31.6 Å². The van der Waals surface area contributed by atoms with E-state index < -0.39 is 24.0 Å². The number of ether oxygens (including phenoxy) is 2. The van der Waals surface area contributed by atoms with Crippen LogP contribution in [0.5, 0.6) is 0 Å². The van der Waals surface area contributed by atoms with E-state index in [2.05, 4.69) is 6.92 Å². The molecule has 1 saturated carbocycles. The Labute approximate surface area is 136 Å². The maximum absolute atomic E-state index is 10.2. The highest BCUT2D eigenvalue weighted by molar-refractivity contribution is 5.08. The Morgan fingerprint density at radius 2 is 1.81 bits per heavy atom. The topological polar surface area (TPSA) is 57.2 Å². The van der Waals surface area contributed by atoms with Gasteiger partial charge in [-0.05, 0) is 38.0 Å². The summed E-state index contributed by atoms with van der Waals surface area (Å²) in [7, 11) is 0. The Balaban J connectivity index is 0.00000132. The van der Waals surface area contributed by atoms with Gasteiger partial charge in [0.05, 0.1) is 0 Å². The van der Waals surface area contributed by atoms with Gasteiger partial charge in [0.25, 0.3) is 0 Å². The molecule has 5 nitrogen and oxygen atoms in total. The SMILES string of the molecule is C[C@@H]1CC[C@H]2[C@@H](C)C(O)O[C@@H]3O[C@@]4(C)CC[C@@H]1[C@]32OO4.[Br-]. The zero-order valence-corrected chi connectivity index (χ0v) is 14.3. The zero-order chi connectivity index (χ0) is 14.1. The third kappa shape index (κ3) is 2.07. The normalized spacial score (nSPS) is 58.9. The highest BCUT2D eigenvalue weighted by atomic mass is 79.9. The van der Waals surface area contributed by atoms with Crippen molar-refractivity contribution >= 4 is 0 Å². The lowest BCUT2D eigenvalue weighted by atomic mass is 9.58. The molecule has 1 aliphatic carbocycles. The quantitative estimate of drug-likeness (QED) is 0.570. The van der Waals surface area contributed by atoms with Crippen LogP contribution in [0.3, 0.4) is 0 Å². The first kappa shape index (κ1) is 16.1. The van der Waals surface area contributed by atoms with E-state index in [0.717, 1.165) is 19.3 Å². The fraction of sp³-hybridized carbons (Fsp3) is 1.00. The molecular formula is C15H24BrO5-. The van der Waals surface area contributed by atoms with Crippen molar-refractivity contribution in [1.29, 1.82) is 0 Å². The van der Waals surface area contributed by atoms with Gasteiger partial charge in [-0.2, -0.15) is 0 Å². The molecule has 0 aromatic heterocycles. The number of hydrogen-bond acceptors (Lipinski definition) is 5. The minimum atomic E-state index is -0.781. The first-order valence-electron chi connectivity index (χ1n) is 7.84. The van der Waals surface area contributed by atoms with Crippen LogP contribution in [0.4, 0.5) is 0 Å². The van der Waals surface area contributed by atoms with Crippen molar-refractivity contribution in [2.24, 2.45) is 23.7 Å². The largest absolute Gasteiger partial charge is 1.00 e. The molecule has 0 aromatic carbocycles. The summed E-state index contributed by atoms with van der Waals surface area (Å²) in [5.41, 5.74) is -0.549. The second kappa shape index (κ2) is 5.14. The van der Waals surface area contributed by atoms with Crippen LogP contribution in [0.1, 0.15) is 46.5 Å². The van der Waals surface area contributed by atoms with Crippen molar-refractivity contribution in [1.82, 2.24) is 0 Å². The molecule has 1 N–H and O–H groups in total. The van der Waals surface area contributed by atoms with Crippen LogP contribution in [-0.2, 0) is 19.2 Å². The van der Waals surface area contributed by atoms with Crippen molar-refractivity contribution < 1.29 is 41.3 Å². The van der Waals surface area contributed by atoms with Gasteiger partial charge in [-0.15, -0.1) is 0 Å². The average molecular weight is 364 g/mol. The molecule has 4 saturated heterocycles. The maximum Gasteiger partial charge on any atom is 0.201 e. The van der Waals surface area contributed by atoms with E-state index in [9.17, 15) is 5.11 Å². The van der Waals surface area contributed by atoms with E-state index in [1.54, 1.807) is 0 Å². The van der Waals surface area contributed by atoms with Gasteiger partial charge in [-0.1, -0.05) is 13.8 Å². The summed E-state index contributed by atoms with van der Waals surface area (Å²) < 4.78 is 11.9. The Morgan fingerprint density at radius 3 is 2.57 bits per heavy atom. The van der Waals surface area contributed by atoms with E-state index in [4.69, 9.17) is 19.2 Å². The van der Waals surface area contributed by atoms with Gasteiger partial charge in [0.2, 0.25) is 5.79 Å². The highest BCUT2D eigenvalue weighted by Gasteiger charge is 2.69. The van der Waals surface area contributed by atoms with Crippen LogP contribution in [0.15, 0.2) is 0 Å². The Morgan fingerprint density at radius 1 is 1.05 bits per heavy atom. The minimum Gasteiger partial charge on any atom is -1.00 e. The van der Waals surface area contributed by atoms with Crippen LogP contribution in [0.2, 0.25) is 0 Å². The van der Waals surface area contributed by atoms with Gasteiger partial charge in [-0.25, -0.2) is 9.78 Å². The molecule has 1 spiro atoms. The van der Waals surface area contributed by atoms with Crippen molar-refractivity contribution in [3.63, 3.8) is 0 Å². The summed E-state index contributed by atoms with van der Waals surface area (Å²) >= 11 is 0. The second-order valence-electron chi connectivity index (χ2n) is 7.30. The molecule has 4 heterocycles. The van der Waals surface area contributed by atoms with E-state index in [0.29, 0.717) is 11.8 Å². The molecule has 5 fully saturated rings. The van der Waals surface area contributed by atoms with Gasteiger partial charge in [0.15, 0.2) is 18.2 Å². The molecule has 1 unspecified atom stereocenters. The monoisotopic (exact) mass is 363 g/mol.